The molecule has 1 heterocycles. The Bertz CT molecular complexity index is 709. The van der Waals surface area contributed by atoms with Gasteiger partial charge in [0.05, 0.1) is 16.9 Å². The highest BCUT2D eigenvalue weighted by Crippen LogP contribution is 2.16. The van der Waals surface area contributed by atoms with Crippen molar-refractivity contribution in [3.05, 3.63) is 47.8 Å². The largest absolute Gasteiger partial charge is 0.480 e. The van der Waals surface area contributed by atoms with Crippen LogP contribution in [0.25, 0.3) is 5.69 Å². The molecule has 6 heteroatoms. The van der Waals surface area contributed by atoms with E-state index in [1.54, 1.807) is 17.8 Å². The number of rotatable bonds is 6. The molecule has 0 fully saturated rings. The number of aryl methyl sites for hydroxylation is 1. The summed E-state index contributed by atoms with van der Waals surface area (Å²) >= 11 is 0. The van der Waals surface area contributed by atoms with Crippen LogP contribution in [-0.2, 0) is 4.79 Å². The number of aromatic nitrogens is 2. The Hall–Kier alpha value is -2.63. The molecule has 23 heavy (non-hydrogen) atoms. The second-order valence-corrected chi connectivity index (χ2v) is 5.75. The van der Waals surface area contributed by atoms with Crippen molar-refractivity contribution in [1.82, 2.24) is 15.1 Å². The molecule has 2 aromatic rings. The number of amides is 1. The first-order valence-electron chi connectivity index (χ1n) is 7.55. The molecule has 2 rings (SSSR count). The van der Waals surface area contributed by atoms with Crippen molar-refractivity contribution in [3.63, 3.8) is 0 Å². The fourth-order valence-electron chi connectivity index (χ4n) is 2.44. The molecule has 0 aliphatic heterocycles. The van der Waals surface area contributed by atoms with Crippen molar-refractivity contribution in [3.8, 4) is 5.69 Å². The zero-order chi connectivity index (χ0) is 17.0. The third-order valence-corrected chi connectivity index (χ3v) is 3.78. The van der Waals surface area contributed by atoms with E-state index in [4.69, 9.17) is 0 Å². The van der Waals surface area contributed by atoms with Crippen LogP contribution in [0, 0.1) is 6.92 Å². The maximum absolute atomic E-state index is 12.5. The van der Waals surface area contributed by atoms with Gasteiger partial charge in [0.1, 0.15) is 5.54 Å². The van der Waals surface area contributed by atoms with Crippen LogP contribution in [0.2, 0.25) is 0 Å². The van der Waals surface area contributed by atoms with E-state index in [2.05, 4.69) is 10.4 Å². The number of hydrogen-bond donors (Lipinski definition) is 2. The normalized spacial score (nSPS) is 13.3. The van der Waals surface area contributed by atoms with Crippen LogP contribution in [0.3, 0.4) is 0 Å². The van der Waals surface area contributed by atoms with Gasteiger partial charge >= 0.3 is 5.97 Å². The summed E-state index contributed by atoms with van der Waals surface area (Å²) in [5.41, 5.74) is 0.477. The molecule has 0 aliphatic rings. The number of benzene rings is 1. The second kappa shape index (κ2) is 6.64. The van der Waals surface area contributed by atoms with Crippen LogP contribution in [-0.4, -0.2) is 32.3 Å². The fraction of sp³-hybridized carbons (Fsp3) is 0.353. The van der Waals surface area contributed by atoms with Gasteiger partial charge in [-0.1, -0.05) is 31.5 Å². The lowest BCUT2D eigenvalue weighted by Gasteiger charge is -2.25. The van der Waals surface area contributed by atoms with Crippen LogP contribution in [0.4, 0.5) is 0 Å². The van der Waals surface area contributed by atoms with Gasteiger partial charge in [0, 0.05) is 6.20 Å². The average Bonchev–Trinajstić information content (AvgIpc) is 2.90. The lowest BCUT2D eigenvalue weighted by atomic mass is 9.96. The Balaban J connectivity index is 2.27. The number of carbonyl (C=O) groups is 2. The van der Waals surface area contributed by atoms with Gasteiger partial charge in [0.2, 0.25) is 0 Å². The zero-order valence-electron chi connectivity index (χ0n) is 13.5. The molecule has 0 spiro atoms. The van der Waals surface area contributed by atoms with E-state index in [1.807, 2.05) is 37.3 Å². The maximum atomic E-state index is 12.5. The highest BCUT2D eigenvalue weighted by Gasteiger charge is 2.34. The van der Waals surface area contributed by atoms with Gasteiger partial charge in [-0.15, -0.1) is 0 Å². The molecule has 6 nitrogen and oxygen atoms in total. The van der Waals surface area contributed by atoms with Gasteiger partial charge < -0.3 is 10.4 Å². The minimum Gasteiger partial charge on any atom is -0.480 e. The highest BCUT2D eigenvalue weighted by molar-refractivity contribution is 5.98. The van der Waals surface area contributed by atoms with Gasteiger partial charge in [-0.05, 0) is 32.4 Å². The summed E-state index contributed by atoms with van der Waals surface area (Å²) in [4.78, 5) is 23.9. The number of hydrogen-bond acceptors (Lipinski definition) is 3. The zero-order valence-corrected chi connectivity index (χ0v) is 13.5. The van der Waals surface area contributed by atoms with Crippen LogP contribution < -0.4 is 5.32 Å². The summed E-state index contributed by atoms with van der Waals surface area (Å²) in [6, 6.07) is 9.43. The summed E-state index contributed by atoms with van der Waals surface area (Å²) in [7, 11) is 0. The van der Waals surface area contributed by atoms with Crippen molar-refractivity contribution < 1.29 is 14.7 Å². The SMILES string of the molecule is CCCC(C)(NC(=O)c1cn(-c2ccccc2)nc1C)C(=O)O. The maximum Gasteiger partial charge on any atom is 0.329 e. The number of aliphatic carboxylic acids is 1. The predicted molar refractivity (Wildman–Crippen MR) is 86.7 cm³/mol. The summed E-state index contributed by atoms with van der Waals surface area (Å²) in [6.07, 6.45) is 2.64. The molecule has 1 amide bonds. The van der Waals surface area contributed by atoms with Crippen molar-refractivity contribution in [2.75, 3.05) is 0 Å². The molecule has 0 aliphatic carbocycles. The van der Waals surface area contributed by atoms with E-state index in [-0.39, 0.29) is 0 Å². The molecule has 1 unspecified atom stereocenters. The summed E-state index contributed by atoms with van der Waals surface area (Å²) in [6.45, 7) is 5.13. The summed E-state index contributed by atoms with van der Waals surface area (Å²) in [5.74, 6) is -1.47. The van der Waals surface area contributed by atoms with Gasteiger partial charge in [0.15, 0.2) is 0 Å². The van der Waals surface area contributed by atoms with E-state index in [0.717, 1.165) is 5.69 Å². The quantitative estimate of drug-likeness (QED) is 0.858. The van der Waals surface area contributed by atoms with E-state index in [0.29, 0.717) is 24.1 Å². The molecule has 0 saturated carbocycles. The Morgan fingerprint density at radius 2 is 1.96 bits per heavy atom. The lowest BCUT2D eigenvalue weighted by molar-refractivity contribution is -0.144. The van der Waals surface area contributed by atoms with Crippen LogP contribution in [0.5, 0.6) is 0 Å². The Kier molecular flexibility index (Phi) is 4.83. The monoisotopic (exact) mass is 315 g/mol. The van der Waals surface area contributed by atoms with Crippen molar-refractivity contribution in [2.45, 2.75) is 39.2 Å². The predicted octanol–water partition coefficient (Wildman–Crippen LogP) is 2.55. The first kappa shape index (κ1) is 16.7. The highest BCUT2D eigenvalue weighted by atomic mass is 16.4. The number of carboxylic acids is 1. The molecule has 122 valence electrons. The molecular weight excluding hydrogens is 294 g/mol. The molecule has 2 N–H and O–H groups in total. The smallest absolute Gasteiger partial charge is 0.329 e. The molecule has 1 aromatic heterocycles. The number of para-hydroxylation sites is 1. The lowest BCUT2D eigenvalue weighted by Crippen LogP contribution is -2.52. The molecule has 1 aromatic carbocycles. The van der Waals surface area contributed by atoms with Gasteiger partial charge in [-0.2, -0.15) is 5.10 Å². The fourth-order valence-corrected chi connectivity index (χ4v) is 2.44. The second-order valence-electron chi connectivity index (χ2n) is 5.75. The first-order valence-corrected chi connectivity index (χ1v) is 7.55. The number of carbonyl (C=O) groups excluding carboxylic acids is 1. The number of nitrogens with zero attached hydrogens (tertiary/aromatic N) is 2. The number of carboxylic acid groups (broad SMARTS) is 1. The van der Waals surface area contributed by atoms with E-state index in [1.165, 1.54) is 6.92 Å². The molecule has 1 atom stereocenters. The van der Waals surface area contributed by atoms with Crippen LogP contribution in [0.15, 0.2) is 36.5 Å². The summed E-state index contributed by atoms with van der Waals surface area (Å²) < 4.78 is 1.61. The van der Waals surface area contributed by atoms with E-state index >= 15 is 0 Å². The number of nitrogens with one attached hydrogen (secondary N) is 1. The van der Waals surface area contributed by atoms with Gasteiger partial charge in [-0.3, -0.25) is 4.79 Å². The molecule has 0 saturated heterocycles. The minimum atomic E-state index is -1.28. The van der Waals surface area contributed by atoms with Crippen LogP contribution >= 0.6 is 0 Å². The molecular formula is C17H21N3O3. The third kappa shape index (κ3) is 3.59. The van der Waals surface area contributed by atoms with E-state index < -0.39 is 17.4 Å². The summed E-state index contributed by atoms with van der Waals surface area (Å²) in [5, 5.41) is 16.3. The average molecular weight is 315 g/mol. The molecule has 0 radical (unpaired) electrons. The van der Waals surface area contributed by atoms with Crippen molar-refractivity contribution in [2.24, 2.45) is 0 Å². The van der Waals surface area contributed by atoms with Crippen LogP contribution in [0.1, 0.15) is 42.7 Å². The van der Waals surface area contributed by atoms with Gasteiger partial charge in [0.25, 0.3) is 5.91 Å². The van der Waals surface area contributed by atoms with Crippen molar-refractivity contribution in [1.29, 1.82) is 0 Å². The minimum absolute atomic E-state index is 0.361. The van der Waals surface area contributed by atoms with Gasteiger partial charge in [-0.25, -0.2) is 9.48 Å². The van der Waals surface area contributed by atoms with E-state index in [9.17, 15) is 14.7 Å². The molecule has 0 bridgehead atoms. The third-order valence-electron chi connectivity index (χ3n) is 3.78. The Morgan fingerprint density at radius 3 is 2.52 bits per heavy atom. The first-order chi connectivity index (χ1) is 10.9. The standard InChI is InChI=1S/C17H21N3O3/c1-4-10-17(3,16(22)23)18-15(21)14-11-20(19-12(14)2)13-8-6-5-7-9-13/h5-9,11H,4,10H2,1-3H3,(H,18,21)(H,22,23). The topological polar surface area (TPSA) is 84.2 Å². The Labute approximate surface area is 135 Å². The van der Waals surface area contributed by atoms with Crippen molar-refractivity contribution >= 4 is 11.9 Å². The Morgan fingerprint density at radius 1 is 1.30 bits per heavy atom.